The normalized spacial score (nSPS) is 16.9. The van der Waals surface area contributed by atoms with Crippen LogP contribution in [0.15, 0.2) is 36.8 Å². The van der Waals surface area contributed by atoms with E-state index in [-0.39, 0.29) is 6.04 Å². The number of nitrogens with one attached hydrogen (secondary N) is 1. The maximum absolute atomic E-state index is 4.39. The summed E-state index contributed by atoms with van der Waals surface area (Å²) in [5.74, 6) is 0. The fraction of sp³-hybridized carbons (Fsp3) is 0.500. The van der Waals surface area contributed by atoms with Crippen LogP contribution in [0.2, 0.25) is 0 Å². The van der Waals surface area contributed by atoms with Gasteiger partial charge in [-0.05, 0) is 51.5 Å². The minimum atomic E-state index is 0.126. The summed E-state index contributed by atoms with van der Waals surface area (Å²) in [5, 5.41) is 3.57. The lowest BCUT2D eigenvalue weighted by atomic mass is 10.1. The van der Waals surface area contributed by atoms with Crippen LogP contribution in [0.5, 0.6) is 0 Å². The molecule has 0 spiro atoms. The van der Waals surface area contributed by atoms with Crippen LogP contribution in [0.4, 0.5) is 11.4 Å². The highest BCUT2D eigenvalue weighted by Gasteiger charge is 2.19. The Balaban J connectivity index is 1.71. The lowest BCUT2D eigenvalue weighted by Gasteiger charge is -2.38. The van der Waals surface area contributed by atoms with Crippen molar-refractivity contribution in [2.45, 2.75) is 39.8 Å². The molecular weight excluding hydrogens is 310 g/mol. The number of rotatable bonds is 5. The molecule has 25 heavy (non-hydrogen) atoms. The van der Waals surface area contributed by atoms with Gasteiger partial charge < -0.3 is 10.2 Å². The Kier molecular flexibility index (Phi) is 5.53. The van der Waals surface area contributed by atoms with Gasteiger partial charge in [0.2, 0.25) is 0 Å². The summed E-state index contributed by atoms with van der Waals surface area (Å²) in [6.45, 7) is 13.3. The van der Waals surface area contributed by atoms with E-state index in [9.17, 15) is 0 Å². The van der Waals surface area contributed by atoms with Crippen LogP contribution in [0.3, 0.4) is 0 Å². The van der Waals surface area contributed by atoms with E-state index in [1.165, 1.54) is 11.3 Å². The van der Waals surface area contributed by atoms with Gasteiger partial charge >= 0.3 is 0 Å². The molecule has 1 aromatic heterocycles. The number of aromatic nitrogens is 2. The predicted molar refractivity (Wildman–Crippen MR) is 104 cm³/mol. The molecule has 1 aliphatic rings. The van der Waals surface area contributed by atoms with Crippen molar-refractivity contribution in [2.75, 3.05) is 36.4 Å². The first kappa shape index (κ1) is 17.7. The van der Waals surface area contributed by atoms with Crippen LogP contribution in [0.25, 0.3) is 0 Å². The molecule has 1 N–H and O–H groups in total. The SMILES string of the molecule is Cc1cc(NC(C)c2cnccn2)cc(N2CCN(C(C)C)CC2)c1. The number of benzene rings is 1. The van der Waals surface area contributed by atoms with Gasteiger partial charge in [-0.15, -0.1) is 0 Å². The van der Waals surface area contributed by atoms with Gasteiger partial charge in [-0.1, -0.05) is 0 Å². The third-order valence-corrected chi connectivity index (χ3v) is 4.88. The molecule has 0 aliphatic carbocycles. The predicted octanol–water partition coefficient (Wildman–Crippen LogP) is 3.49. The molecule has 3 rings (SSSR count). The topological polar surface area (TPSA) is 44.3 Å². The van der Waals surface area contributed by atoms with Gasteiger partial charge in [-0.2, -0.15) is 0 Å². The van der Waals surface area contributed by atoms with Gasteiger partial charge in [0.1, 0.15) is 0 Å². The van der Waals surface area contributed by atoms with E-state index in [1.54, 1.807) is 12.4 Å². The van der Waals surface area contributed by atoms with E-state index < -0.39 is 0 Å². The molecule has 1 aliphatic heterocycles. The fourth-order valence-electron chi connectivity index (χ4n) is 3.38. The molecule has 0 saturated carbocycles. The minimum absolute atomic E-state index is 0.126. The Morgan fingerprint density at radius 1 is 1.00 bits per heavy atom. The quantitative estimate of drug-likeness (QED) is 0.903. The van der Waals surface area contributed by atoms with E-state index in [0.29, 0.717) is 6.04 Å². The standard InChI is InChI=1S/C20H29N5/c1-15(2)24-7-9-25(10-8-24)19-12-16(3)11-18(13-19)23-17(4)20-14-21-5-6-22-20/h5-6,11-15,17,23H,7-10H2,1-4H3. The summed E-state index contributed by atoms with van der Waals surface area (Å²) in [7, 11) is 0. The number of nitrogens with zero attached hydrogens (tertiary/aromatic N) is 4. The van der Waals surface area contributed by atoms with Crippen LogP contribution in [0, 0.1) is 6.92 Å². The van der Waals surface area contributed by atoms with E-state index in [2.05, 4.69) is 71.0 Å². The summed E-state index contributed by atoms with van der Waals surface area (Å²) in [6.07, 6.45) is 5.26. The number of aryl methyl sites for hydroxylation is 1. The number of piperazine rings is 1. The number of hydrogen-bond acceptors (Lipinski definition) is 5. The molecule has 1 fully saturated rings. The van der Waals surface area contributed by atoms with Crippen molar-refractivity contribution in [1.82, 2.24) is 14.9 Å². The summed E-state index contributed by atoms with van der Waals surface area (Å²) in [5.41, 5.74) is 4.67. The first-order chi connectivity index (χ1) is 12.0. The van der Waals surface area contributed by atoms with Crippen LogP contribution < -0.4 is 10.2 Å². The zero-order valence-electron chi connectivity index (χ0n) is 15.7. The zero-order chi connectivity index (χ0) is 17.8. The molecule has 0 bridgehead atoms. The van der Waals surface area contributed by atoms with Gasteiger partial charge in [0, 0.05) is 56.0 Å². The first-order valence-corrected chi connectivity index (χ1v) is 9.16. The summed E-state index contributed by atoms with van der Waals surface area (Å²) in [6, 6.07) is 7.49. The Morgan fingerprint density at radius 3 is 2.40 bits per heavy atom. The zero-order valence-corrected chi connectivity index (χ0v) is 15.7. The van der Waals surface area contributed by atoms with Crippen molar-refractivity contribution in [3.05, 3.63) is 48.0 Å². The van der Waals surface area contributed by atoms with Crippen molar-refractivity contribution >= 4 is 11.4 Å². The number of anilines is 2. The molecule has 1 atom stereocenters. The highest BCUT2D eigenvalue weighted by Crippen LogP contribution is 2.26. The maximum atomic E-state index is 4.39. The highest BCUT2D eigenvalue weighted by molar-refractivity contribution is 5.61. The van der Waals surface area contributed by atoms with E-state index in [0.717, 1.165) is 37.6 Å². The average Bonchev–Trinajstić information content (AvgIpc) is 2.62. The minimum Gasteiger partial charge on any atom is -0.377 e. The molecule has 2 heterocycles. The Hall–Kier alpha value is -2.14. The van der Waals surface area contributed by atoms with Gasteiger partial charge in [-0.25, -0.2) is 0 Å². The molecule has 5 heteroatoms. The lowest BCUT2D eigenvalue weighted by molar-refractivity contribution is 0.209. The summed E-state index contributed by atoms with van der Waals surface area (Å²) >= 11 is 0. The maximum Gasteiger partial charge on any atom is 0.0806 e. The fourth-order valence-corrected chi connectivity index (χ4v) is 3.38. The van der Waals surface area contributed by atoms with E-state index in [1.807, 2.05) is 6.20 Å². The van der Waals surface area contributed by atoms with Crippen molar-refractivity contribution in [1.29, 1.82) is 0 Å². The summed E-state index contributed by atoms with van der Waals surface area (Å²) in [4.78, 5) is 13.6. The van der Waals surface area contributed by atoms with Crippen molar-refractivity contribution in [3.63, 3.8) is 0 Å². The summed E-state index contributed by atoms with van der Waals surface area (Å²) < 4.78 is 0. The van der Waals surface area contributed by atoms with Gasteiger partial charge in [0.25, 0.3) is 0 Å². The third kappa shape index (κ3) is 4.48. The smallest absolute Gasteiger partial charge is 0.0806 e. The molecule has 2 aromatic rings. The Bertz CT molecular complexity index is 678. The van der Waals surface area contributed by atoms with Gasteiger partial charge in [0.15, 0.2) is 0 Å². The van der Waals surface area contributed by atoms with Crippen LogP contribution in [0.1, 0.15) is 38.1 Å². The number of hydrogen-bond donors (Lipinski definition) is 1. The highest BCUT2D eigenvalue weighted by atomic mass is 15.3. The second kappa shape index (κ2) is 7.83. The van der Waals surface area contributed by atoms with Crippen molar-refractivity contribution < 1.29 is 0 Å². The van der Waals surface area contributed by atoms with Gasteiger partial charge in [0.05, 0.1) is 17.9 Å². The Labute approximate surface area is 151 Å². The molecule has 134 valence electrons. The molecule has 5 nitrogen and oxygen atoms in total. The van der Waals surface area contributed by atoms with Crippen molar-refractivity contribution in [2.24, 2.45) is 0 Å². The van der Waals surface area contributed by atoms with Crippen LogP contribution in [-0.2, 0) is 0 Å². The molecule has 0 amide bonds. The first-order valence-electron chi connectivity index (χ1n) is 9.16. The van der Waals surface area contributed by atoms with E-state index in [4.69, 9.17) is 0 Å². The van der Waals surface area contributed by atoms with Crippen LogP contribution in [-0.4, -0.2) is 47.1 Å². The molecule has 0 radical (unpaired) electrons. The second-order valence-electron chi connectivity index (χ2n) is 7.17. The molecule has 1 unspecified atom stereocenters. The third-order valence-electron chi connectivity index (χ3n) is 4.88. The Morgan fingerprint density at radius 2 is 1.76 bits per heavy atom. The van der Waals surface area contributed by atoms with Crippen molar-refractivity contribution in [3.8, 4) is 0 Å². The average molecular weight is 339 g/mol. The second-order valence-corrected chi connectivity index (χ2v) is 7.17. The molecule has 1 aromatic carbocycles. The lowest BCUT2D eigenvalue weighted by Crippen LogP contribution is -2.48. The largest absolute Gasteiger partial charge is 0.377 e. The van der Waals surface area contributed by atoms with Crippen LogP contribution >= 0.6 is 0 Å². The monoisotopic (exact) mass is 339 g/mol. The van der Waals surface area contributed by atoms with E-state index >= 15 is 0 Å². The molecule has 1 saturated heterocycles. The molecular formula is C20H29N5. The van der Waals surface area contributed by atoms with Gasteiger partial charge in [-0.3, -0.25) is 14.9 Å².